The first-order valence-corrected chi connectivity index (χ1v) is 9.65. The summed E-state index contributed by atoms with van der Waals surface area (Å²) in [4.78, 5) is 23.7. The van der Waals surface area contributed by atoms with Crippen LogP contribution < -0.4 is 10.6 Å². The van der Waals surface area contributed by atoms with E-state index < -0.39 is 16.8 Å². The maximum absolute atomic E-state index is 12.0. The number of urea groups is 1. The summed E-state index contributed by atoms with van der Waals surface area (Å²) in [5.74, 6) is 0.436. The van der Waals surface area contributed by atoms with Gasteiger partial charge in [0.15, 0.2) is 8.68 Å². The second-order valence-corrected chi connectivity index (χ2v) is 9.82. The van der Waals surface area contributed by atoms with Gasteiger partial charge in [-0.25, -0.2) is 4.79 Å². The number of amides is 3. The lowest BCUT2D eigenvalue weighted by Gasteiger charge is -2.20. The predicted octanol–water partition coefficient (Wildman–Crippen LogP) is 3.31. The highest BCUT2D eigenvalue weighted by Crippen LogP contribution is 2.31. The average molecular weight is 375 g/mol. The molecule has 1 heterocycles. The predicted molar refractivity (Wildman–Crippen MR) is 97.2 cm³/mol. The van der Waals surface area contributed by atoms with Crippen LogP contribution in [0.4, 0.5) is 4.79 Å². The van der Waals surface area contributed by atoms with Crippen LogP contribution >= 0.6 is 34.9 Å². The highest BCUT2D eigenvalue weighted by atomic mass is 32.2. The van der Waals surface area contributed by atoms with Gasteiger partial charge in [0.05, 0.1) is 5.25 Å². The number of aromatic nitrogens is 2. The van der Waals surface area contributed by atoms with Gasteiger partial charge in [-0.2, -0.15) is 0 Å². The molecule has 128 valence electrons. The maximum atomic E-state index is 12.0. The minimum atomic E-state index is -0.495. The first-order chi connectivity index (χ1) is 10.6. The number of carbonyl (C=O) groups excluding carboxylic acids is 2. The van der Waals surface area contributed by atoms with Gasteiger partial charge < -0.3 is 5.32 Å². The van der Waals surface area contributed by atoms with Crippen molar-refractivity contribution < 1.29 is 9.59 Å². The van der Waals surface area contributed by atoms with Gasteiger partial charge in [0.25, 0.3) is 0 Å². The second kappa shape index (κ2) is 8.70. The topological polar surface area (TPSA) is 84.0 Å². The quantitative estimate of drug-likeness (QED) is 0.587. The summed E-state index contributed by atoms with van der Waals surface area (Å²) in [6.07, 6.45) is 0. The van der Waals surface area contributed by atoms with Crippen LogP contribution in [-0.2, 0) is 4.79 Å². The molecule has 6 nitrogen and oxygen atoms in total. The van der Waals surface area contributed by atoms with Gasteiger partial charge >= 0.3 is 6.03 Å². The van der Waals surface area contributed by atoms with Crippen molar-refractivity contribution in [2.45, 2.75) is 54.1 Å². The Balaban J connectivity index is 2.49. The average Bonchev–Trinajstić information content (AvgIpc) is 2.81. The molecule has 0 aliphatic rings. The van der Waals surface area contributed by atoms with Gasteiger partial charge in [0.1, 0.15) is 0 Å². The lowest BCUT2D eigenvalue weighted by molar-refractivity contribution is -0.119. The molecule has 0 radical (unpaired) electrons. The van der Waals surface area contributed by atoms with E-state index >= 15 is 0 Å². The van der Waals surface area contributed by atoms with E-state index in [4.69, 9.17) is 0 Å². The number of rotatable bonds is 6. The molecular formula is C14H22N4O2S3. The molecule has 0 aromatic carbocycles. The Kier molecular flexibility index (Phi) is 7.56. The van der Waals surface area contributed by atoms with E-state index in [-0.39, 0.29) is 5.91 Å². The summed E-state index contributed by atoms with van der Waals surface area (Å²) in [7, 11) is 0. The highest BCUT2D eigenvalue weighted by Gasteiger charge is 2.21. The van der Waals surface area contributed by atoms with Crippen LogP contribution in [0.25, 0.3) is 0 Å². The van der Waals surface area contributed by atoms with Crippen molar-refractivity contribution in [3.05, 3.63) is 12.2 Å². The molecule has 0 aliphatic carbocycles. The Hall–Kier alpha value is -1.06. The van der Waals surface area contributed by atoms with Gasteiger partial charge in [-0.15, -0.1) is 10.2 Å². The molecule has 9 heteroatoms. The number of hydrogen-bond acceptors (Lipinski definition) is 7. The monoisotopic (exact) mass is 374 g/mol. The third kappa shape index (κ3) is 8.38. The van der Waals surface area contributed by atoms with Crippen molar-refractivity contribution in [1.82, 2.24) is 20.8 Å². The van der Waals surface area contributed by atoms with E-state index in [2.05, 4.69) is 27.4 Å². The normalized spacial score (nSPS) is 12.6. The van der Waals surface area contributed by atoms with Gasteiger partial charge in [-0.1, -0.05) is 47.0 Å². The molecular weight excluding hydrogens is 352 g/mol. The van der Waals surface area contributed by atoms with Crippen LogP contribution in [0, 0.1) is 0 Å². The van der Waals surface area contributed by atoms with Crippen LogP contribution in [0.2, 0.25) is 0 Å². The van der Waals surface area contributed by atoms with Gasteiger partial charge in [0.2, 0.25) is 5.91 Å². The number of hydrogen-bond donors (Lipinski definition) is 2. The van der Waals surface area contributed by atoms with Crippen LogP contribution in [0.3, 0.4) is 0 Å². The summed E-state index contributed by atoms with van der Waals surface area (Å²) in [6, 6.07) is -0.495. The molecule has 1 aromatic rings. The fraction of sp³-hybridized carbons (Fsp3) is 0.571. The van der Waals surface area contributed by atoms with Crippen molar-refractivity contribution in [2.24, 2.45) is 0 Å². The molecule has 1 unspecified atom stereocenters. The van der Waals surface area contributed by atoms with E-state index in [1.807, 2.05) is 27.7 Å². The number of imide groups is 1. The SMILES string of the molecule is C=C(C)CSc1nnc(SC(C)C(=O)NC(=O)NC(C)(C)C)s1. The molecule has 1 aromatic heterocycles. The Morgan fingerprint density at radius 2 is 1.91 bits per heavy atom. The van der Waals surface area contributed by atoms with Crippen molar-refractivity contribution in [3.8, 4) is 0 Å². The van der Waals surface area contributed by atoms with E-state index in [1.54, 1.807) is 18.7 Å². The fourth-order valence-electron chi connectivity index (χ4n) is 1.28. The first-order valence-electron chi connectivity index (χ1n) is 6.97. The summed E-state index contributed by atoms with van der Waals surface area (Å²) >= 11 is 4.28. The van der Waals surface area contributed by atoms with E-state index in [0.29, 0.717) is 4.34 Å². The standard InChI is InChI=1S/C14H22N4O2S3/c1-8(2)7-21-12-17-18-13(23-12)22-9(3)10(19)15-11(20)16-14(4,5)6/h9H,1,7H2,2-6H3,(H2,15,16,19,20). The van der Waals surface area contributed by atoms with E-state index in [1.165, 1.54) is 23.1 Å². The third-order valence-corrected chi connectivity index (χ3v) is 5.67. The first kappa shape index (κ1) is 20.0. The molecule has 1 rings (SSSR count). The fourth-order valence-corrected chi connectivity index (χ4v) is 4.29. The molecule has 0 fully saturated rings. The molecule has 0 aliphatic heterocycles. The number of nitrogens with zero attached hydrogens (tertiary/aromatic N) is 2. The zero-order chi connectivity index (χ0) is 17.6. The number of nitrogens with one attached hydrogen (secondary N) is 2. The minimum absolute atomic E-state index is 0.358. The molecule has 23 heavy (non-hydrogen) atoms. The molecule has 3 amide bonds. The highest BCUT2D eigenvalue weighted by molar-refractivity contribution is 8.04. The largest absolute Gasteiger partial charge is 0.333 e. The van der Waals surface area contributed by atoms with Crippen molar-refractivity contribution >= 4 is 46.8 Å². The zero-order valence-corrected chi connectivity index (χ0v) is 16.4. The molecule has 2 N–H and O–H groups in total. The minimum Gasteiger partial charge on any atom is -0.333 e. The Labute approximate surface area is 149 Å². The summed E-state index contributed by atoms with van der Waals surface area (Å²) in [5, 5.41) is 12.7. The Bertz CT molecular complexity index is 581. The van der Waals surface area contributed by atoms with Crippen LogP contribution in [0.5, 0.6) is 0 Å². The van der Waals surface area contributed by atoms with Crippen LogP contribution in [0.15, 0.2) is 20.8 Å². The van der Waals surface area contributed by atoms with Gasteiger partial charge in [0, 0.05) is 11.3 Å². The maximum Gasteiger partial charge on any atom is 0.321 e. The number of carbonyl (C=O) groups is 2. The summed E-state index contributed by atoms with van der Waals surface area (Å²) in [6.45, 7) is 13.1. The summed E-state index contributed by atoms with van der Waals surface area (Å²) < 4.78 is 1.54. The molecule has 0 saturated carbocycles. The lowest BCUT2D eigenvalue weighted by atomic mass is 10.1. The van der Waals surface area contributed by atoms with E-state index in [0.717, 1.165) is 15.7 Å². The van der Waals surface area contributed by atoms with E-state index in [9.17, 15) is 9.59 Å². The van der Waals surface area contributed by atoms with Gasteiger partial charge in [-0.3, -0.25) is 10.1 Å². The van der Waals surface area contributed by atoms with Crippen molar-refractivity contribution in [1.29, 1.82) is 0 Å². The number of thioether (sulfide) groups is 2. The van der Waals surface area contributed by atoms with Crippen LogP contribution in [0.1, 0.15) is 34.6 Å². The Morgan fingerprint density at radius 3 is 2.48 bits per heavy atom. The molecule has 0 bridgehead atoms. The molecule has 0 saturated heterocycles. The van der Waals surface area contributed by atoms with Crippen molar-refractivity contribution in [2.75, 3.05) is 5.75 Å². The van der Waals surface area contributed by atoms with Crippen LogP contribution in [-0.4, -0.2) is 38.7 Å². The zero-order valence-electron chi connectivity index (χ0n) is 13.9. The molecule has 1 atom stereocenters. The molecule has 0 spiro atoms. The van der Waals surface area contributed by atoms with Gasteiger partial charge in [-0.05, 0) is 34.6 Å². The second-order valence-electron chi connectivity index (χ2n) is 6.03. The third-order valence-electron chi connectivity index (χ3n) is 2.20. The Morgan fingerprint density at radius 1 is 1.30 bits per heavy atom. The van der Waals surface area contributed by atoms with Crippen molar-refractivity contribution in [3.63, 3.8) is 0 Å². The lowest BCUT2D eigenvalue weighted by Crippen LogP contribution is -2.49. The summed E-state index contributed by atoms with van der Waals surface area (Å²) in [5.41, 5.74) is 0.673. The smallest absolute Gasteiger partial charge is 0.321 e.